The average Bonchev–Trinajstić information content (AvgIpc) is 2.35. The van der Waals surface area contributed by atoms with Crippen molar-refractivity contribution in [3.8, 4) is 0 Å². The van der Waals surface area contributed by atoms with Crippen molar-refractivity contribution in [3.05, 3.63) is 65.2 Å². The Morgan fingerprint density at radius 3 is 2.42 bits per heavy atom. The zero-order valence-electron chi connectivity index (χ0n) is 10.3. The molecule has 2 rings (SSSR count). The fourth-order valence-electron chi connectivity index (χ4n) is 1.65. The Morgan fingerprint density at radius 2 is 1.79 bits per heavy atom. The number of thioether (sulfide) groups is 1. The van der Waals surface area contributed by atoms with Crippen LogP contribution in [0.4, 0.5) is 8.78 Å². The van der Waals surface area contributed by atoms with Crippen LogP contribution < -0.4 is 0 Å². The molecule has 0 N–H and O–H groups in total. The van der Waals surface area contributed by atoms with Crippen LogP contribution in [0.15, 0.2) is 47.4 Å². The fourth-order valence-corrected chi connectivity index (χ4v) is 2.56. The fraction of sp³-hybridized carbons (Fsp3) is 0.133. The van der Waals surface area contributed by atoms with Crippen LogP contribution >= 0.6 is 11.8 Å². The standard InChI is InChI=1S/C15H12F2OS/c1-10-3-2-4-14(5-10)19-9-15(18)11-6-12(16)8-13(17)7-11/h2-8H,9H2,1H3. The normalized spacial score (nSPS) is 10.5. The number of hydrogen-bond acceptors (Lipinski definition) is 2. The number of Topliss-reactive ketones (excluding diaryl/α,β-unsaturated/α-hetero) is 1. The highest BCUT2D eigenvalue weighted by Crippen LogP contribution is 2.20. The highest BCUT2D eigenvalue weighted by Gasteiger charge is 2.10. The first-order valence-corrected chi connectivity index (χ1v) is 6.72. The van der Waals surface area contributed by atoms with Crippen molar-refractivity contribution < 1.29 is 13.6 Å². The van der Waals surface area contributed by atoms with Gasteiger partial charge in [0.15, 0.2) is 5.78 Å². The predicted molar refractivity (Wildman–Crippen MR) is 72.6 cm³/mol. The van der Waals surface area contributed by atoms with E-state index in [4.69, 9.17) is 0 Å². The molecule has 0 spiro atoms. The third kappa shape index (κ3) is 3.89. The van der Waals surface area contributed by atoms with Crippen LogP contribution in [0.2, 0.25) is 0 Å². The van der Waals surface area contributed by atoms with E-state index in [1.165, 1.54) is 11.8 Å². The summed E-state index contributed by atoms with van der Waals surface area (Å²) in [5.74, 6) is -1.59. The minimum atomic E-state index is -0.732. The van der Waals surface area contributed by atoms with Crippen LogP contribution in [0.1, 0.15) is 15.9 Å². The van der Waals surface area contributed by atoms with Crippen molar-refractivity contribution >= 4 is 17.5 Å². The maximum Gasteiger partial charge on any atom is 0.173 e. The van der Waals surface area contributed by atoms with E-state index >= 15 is 0 Å². The summed E-state index contributed by atoms with van der Waals surface area (Å²) in [6, 6.07) is 10.6. The van der Waals surface area contributed by atoms with Gasteiger partial charge in [0.1, 0.15) is 11.6 Å². The van der Waals surface area contributed by atoms with Gasteiger partial charge in [-0.05, 0) is 31.2 Å². The molecule has 0 unspecified atom stereocenters. The van der Waals surface area contributed by atoms with Gasteiger partial charge in [0.2, 0.25) is 0 Å². The van der Waals surface area contributed by atoms with E-state index in [1.54, 1.807) is 0 Å². The van der Waals surface area contributed by atoms with Gasteiger partial charge in [-0.2, -0.15) is 0 Å². The van der Waals surface area contributed by atoms with Gasteiger partial charge in [-0.15, -0.1) is 11.8 Å². The largest absolute Gasteiger partial charge is 0.293 e. The van der Waals surface area contributed by atoms with E-state index in [2.05, 4.69) is 0 Å². The molecule has 0 fully saturated rings. The van der Waals surface area contributed by atoms with E-state index in [1.807, 2.05) is 31.2 Å². The zero-order chi connectivity index (χ0) is 13.8. The summed E-state index contributed by atoms with van der Waals surface area (Å²) in [6.45, 7) is 1.97. The van der Waals surface area contributed by atoms with Gasteiger partial charge in [-0.3, -0.25) is 4.79 Å². The lowest BCUT2D eigenvalue weighted by Gasteiger charge is -2.03. The lowest BCUT2D eigenvalue weighted by molar-refractivity contribution is 0.102. The highest BCUT2D eigenvalue weighted by molar-refractivity contribution is 8.00. The first-order chi connectivity index (χ1) is 9.04. The zero-order valence-corrected chi connectivity index (χ0v) is 11.1. The first kappa shape index (κ1) is 13.7. The lowest BCUT2D eigenvalue weighted by atomic mass is 10.1. The molecular formula is C15H12F2OS. The minimum Gasteiger partial charge on any atom is -0.293 e. The van der Waals surface area contributed by atoms with Crippen molar-refractivity contribution in [2.24, 2.45) is 0 Å². The SMILES string of the molecule is Cc1cccc(SCC(=O)c2cc(F)cc(F)c2)c1. The summed E-state index contributed by atoms with van der Waals surface area (Å²) in [7, 11) is 0. The van der Waals surface area contributed by atoms with Gasteiger partial charge in [-0.25, -0.2) is 8.78 Å². The molecule has 0 heterocycles. The summed E-state index contributed by atoms with van der Waals surface area (Å²) in [5, 5.41) is 0. The lowest BCUT2D eigenvalue weighted by Crippen LogP contribution is -2.03. The van der Waals surface area contributed by atoms with Gasteiger partial charge < -0.3 is 0 Å². The van der Waals surface area contributed by atoms with E-state index in [0.717, 1.165) is 28.7 Å². The Hall–Kier alpha value is -1.68. The molecule has 0 bridgehead atoms. The third-order valence-electron chi connectivity index (χ3n) is 2.54. The molecule has 2 aromatic carbocycles. The van der Waals surface area contributed by atoms with Crippen molar-refractivity contribution in [1.29, 1.82) is 0 Å². The second-order valence-electron chi connectivity index (χ2n) is 4.19. The van der Waals surface area contributed by atoms with Crippen molar-refractivity contribution in [3.63, 3.8) is 0 Å². The van der Waals surface area contributed by atoms with Gasteiger partial charge in [0.25, 0.3) is 0 Å². The van der Waals surface area contributed by atoms with Crippen LogP contribution in [0, 0.1) is 18.6 Å². The van der Waals surface area contributed by atoms with Crippen LogP contribution in [0.3, 0.4) is 0 Å². The highest BCUT2D eigenvalue weighted by atomic mass is 32.2. The topological polar surface area (TPSA) is 17.1 Å². The minimum absolute atomic E-state index is 0.0673. The number of carbonyl (C=O) groups excluding carboxylic acids is 1. The molecule has 0 aliphatic heterocycles. The monoisotopic (exact) mass is 278 g/mol. The maximum atomic E-state index is 13.0. The van der Waals surface area contributed by atoms with E-state index < -0.39 is 11.6 Å². The molecule has 4 heteroatoms. The Morgan fingerprint density at radius 1 is 1.11 bits per heavy atom. The Balaban J connectivity index is 2.05. The molecule has 0 amide bonds. The molecule has 0 aromatic heterocycles. The summed E-state index contributed by atoms with van der Waals surface area (Å²) in [4.78, 5) is 12.8. The molecule has 0 radical (unpaired) electrons. The van der Waals surface area contributed by atoms with Crippen LogP contribution in [0.5, 0.6) is 0 Å². The number of hydrogen-bond donors (Lipinski definition) is 0. The van der Waals surface area contributed by atoms with Crippen molar-refractivity contribution in [2.75, 3.05) is 5.75 Å². The van der Waals surface area contributed by atoms with Gasteiger partial charge in [-0.1, -0.05) is 17.7 Å². The number of halogens is 2. The molecule has 1 nitrogen and oxygen atoms in total. The number of ketones is 1. The first-order valence-electron chi connectivity index (χ1n) is 5.73. The van der Waals surface area contributed by atoms with E-state index in [-0.39, 0.29) is 17.1 Å². The summed E-state index contributed by atoms with van der Waals surface area (Å²) < 4.78 is 26.0. The van der Waals surface area contributed by atoms with Crippen LogP contribution in [-0.4, -0.2) is 11.5 Å². The quantitative estimate of drug-likeness (QED) is 0.614. The number of benzene rings is 2. The Bertz CT molecular complexity index is 591. The molecule has 0 saturated carbocycles. The van der Waals surface area contributed by atoms with E-state index in [0.29, 0.717) is 0 Å². The third-order valence-corrected chi connectivity index (χ3v) is 3.54. The number of rotatable bonds is 4. The van der Waals surface area contributed by atoms with Crippen LogP contribution in [0.25, 0.3) is 0 Å². The maximum absolute atomic E-state index is 13.0. The predicted octanol–water partition coefficient (Wildman–Crippen LogP) is 4.25. The molecule has 98 valence electrons. The molecule has 0 aliphatic carbocycles. The second-order valence-corrected chi connectivity index (χ2v) is 5.24. The smallest absolute Gasteiger partial charge is 0.173 e. The Labute approximate surface area is 114 Å². The number of carbonyl (C=O) groups is 1. The second kappa shape index (κ2) is 5.97. The summed E-state index contributed by atoms with van der Waals surface area (Å²) in [5.41, 5.74) is 1.17. The molecular weight excluding hydrogens is 266 g/mol. The molecule has 0 aliphatic rings. The van der Waals surface area contributed by atoms with Crippen LogP contribution in [-0.2, 0) is 0 Å². The summed E-state index contributed by atoms with van der Waals surface area (Å²) in [6.07, 6.45) is 0. The summed E-state index contributed by atoms with van der Waals surface area (Å²) >= 11 is 1.35. The van der Waals surface area contributed by atoms with Gasteiger partial charge >= 0.3 is 0 Å². The van der Waals surface area contributed by atoms with Gasteiger partial charge in [0.05, 0.1) is 5.75 Å². The molecule has 19 heavy (non-hydrogen) atoms. The molecule has 0 saturated heterocycles. The van der Waals surface area contributed by atoms with Gasteiger partial charge in [0, 0.05) is 16.5 Å². The number of aryl methyl sites for hydroxylation is 1. The molecule has 2 aromatic rings. The Kier molecular flexibility index (Phi) is 4.32. The molecule has 0 atom stereocenters. The van der Waals surface area contributed by atoms with E-state index in [9.17, 15) is 13.6 Å². The average molecular weight is 278 g/mol. The van der Waals surface area contributed by atoms with Crippen molar-refractivity contribution in [1.82, 2.24) is 0 Å². The van der Waals surface area contributed by atoms with Crippen molar-refractivity contribution in [2.45, 2.75) is 11.8 Å².